The summed E-state index contributed by atoms with van der Waals surface area (Å²) in [7, 11) is -3.55. The van der Waals surface area contributed by atoms with Crippen LogP contribution in [0.4, 0.5) is 11.4 Å². The van der Waals surface area contributed by atoms with Crippen molar-refractivity contribution in [1.29, 1.82) is 0 Å². The van der Waals surface area contributed by atoms with Crippen molar-refractivity contribution in [3.8, 4) is 0 Å². The second kappa shape index (κ2) is 10.6. The summed E-state index contributed by atoms with van der Waals surface area (Å²) in [5.41, 5.74) is 1.43. The lowest BCUT2D eigenvalue weighted by Crippen LogP contribution is -2.67. The number of anilines is 2. The van der Waals surface area contributed by atoms with Crippen LogP contribution in [0.3, 0.4) is 0 Å². The van der Waals surface area contributed by atoms with Crippen LogP contribution in [-0.2, 0) is 38.6 Å². The second-order valence-electron chi connectivity index (χ2n) is 8.97. The number of methoxy groups -OCH3 is 2. The van der Waals surface area contributed by atoms with Gasteiger partial charge in [0.2, 0.25) is 11.6 Å². The Morgan fingerprint density at radius 1 is 0.694 bits per heavy atom. The highest BCUT2D eigenvalue weighted by molar-refractivity contribution is 7.91. The lowest BCUT2D eigenvalue weighted by molar-refractivity contribution is -0.444. The van der Waals surface area contributed by atoms with Gasteiger partial charge in [0.15, 0.2) is 19.7 Å². The van der Waals surface area contributed by atoms with Gasteiger partial charge in [0.05, 0.1) is 9.79 Å². The number of ether oxygens (including phenoxy) is 4. The van der Waals surface area contributed by atoms with Crippen molar-refractivity contribution in [1.82, 2.24) is 0 Å². The maximum atomic E-state index is 11.7. The van der Waals surface area contributed by atoms with Gasteiger partial charge in [0.25, 0.3) is 0 Å². The quantitative estimate of drug-likeness (QED) is 0.462. The van der Waals surface area contributed by atoms with Crippen molar-refractivity contribution in [3.05, 3.63) is 48.5 Å². The molecule has 4 atom stereocenters. The van der Waals surface area contributed by atoms with Gasteiger partial charge < -0.3 is 29.6 Å². The minimum Gasteiger partial charge on any atom is -0.382 e. The molecular formula is C24H34N2O8S2. The first-order valence-corrected chi connectivity index (χ1v) is 15.0. The Morgan fingerprint density at radius 3 is 1.25 bits per heavy atom. The van der Waals surface area contributed by atoms with E-state index in [1.807, 2.05) is 0 Å². The Labute approximate surface area is 213 Å². The molecule has 1 fully saturated rings. The third-order valence-corrected chi connectivity index (χ3v) is 8.61. The molecule has 10 nitrogen and oxygen atoms in total. The zero-order valence-electron chi connectivity index (χ0n) is 21.3. The summed E-state index contributed by atoms with van der Waals surface area (Å²) in [6, 6.07) is 12.9. The first kappa shape index (κ1) is 28.4. The van der Waals surface area contributed by atoms with Gasteiger partial charge in [-0.25, -0.2) is 16.8 Å². The molecular weight excluding hydrogens is 508 g/mol. The van der Waals surface area contributed by atoms with Crippen LogP contribution in [0.15, 0.2) is 58.3 Å². The van der Waals surface area contributed by atoms with E-state index in [9.17, 15) is 16.8 Å². The van der Waals surface area contributed by atoms with Crippen LogP contribution >= 0.6 is 0 Å². The Hall–Kier alpha value is -2.22. The Bertz CT molecular complexity index is 1150. The summed E-state index contributed by atoms with van der Waals surface area (Å²) in [5.74, 6) is -2.41. The zero-order chi connectivity index (χ0) is 26.8. The van der Waals surface area contributed by atoms with Crippen molar-refractivity contribution >= 4 is 31.0 Å². The topological polar surface area (TPSA) is 129 Å². The lowest BCUT2D eigenvalue weighted by Gasteiger charge is -2.52. The van der Waals surface area contributed by atoms with E-state index in [1.54, 1.807) is 38.1 Å². The van der Waals surface area contributed by atoms with Gasteiger partial charge in [0.1, 0.15) is 12.2 Å². The molecule has 200 valence electrons. The largest absolute Gasteiger partial charge is 0.382 e. The summed E-state index contributed by atoms with van der Waals surface area (Å²) in [5, 5.41) is 6.52. The number of rotatable bonds is 10. The fourth-order valence-electron chi connectivity index (χ4n) is 3.83. The first-order chi connectivity index (χ1) is 16.7. The van der Waals surface area contributed by atoms with Gasteiger partial charge in [0, 0.05) is 51.2 Å². The highest BCUT2D eigenvalue weighted by Gasteiger charge is 2.56. The molecule has 12 heteroatoms. The molecule has 0 unspecified atom stereocenters. The maximum absolute atomic E-state index is 11.7. The SMILES string of the molecule is CO[C@]1(C)O[C@@H](CNc2ccc(S(C)(=O)=O)cc2)[C@@H](CNc2ccc(S(C)(=O)=O)cc2)O[C@@]1(C)OC. The van der Waals surface area contributed by atoms with Crippen molar-refractivity contribution in [2.75, 3.05) is 50.5 Å². The molecule has 0 radical (unpaired) electrons. The smallest absolute Gasteiger partial charge is 0.220 e. The number of sulfone groups is 2. The minimum atomic E-state index is -3.29. The molecule has 0 saturated carbocycles. The molecule has 3 rings (SSSR count). The highest BCUT2D eigenvalue weighted by Crippen LogP contribution is 2.39. The Kier molecular flexibility index (Phi) is 8.38. The molecule has 1 aliphatic rings. The molecule has 0 amide bonds. The molecule has 1 saturated heterocycles. The average Bonchev–Trinajstić information content (AvgIpc) is 2.83. The second-order valence-corrected chi connectivity index (χ2v) is 13.0. The van der Waals surface area contributed by atoms with Crippen LogP contribution in [0.5, 0.6) is 0 Å². The average molecular weight is 543 g/mol. The van der Waals surface area contributed by atoms with Crippen LogP contribution in [0.2, 0.25) is 0 Å². The van der Waals surface area contributed by atoms with E-state index >= 15 is 0 Å². The normalized spacial score (nSPS) is 26.9. The molecule has 36 heavy (non-hydrogen) atoms. The van der Waals surface area contributed by atoms with Gasteiger partial charge in [-0.3, -0.25) is 0 Å². The summed E-state index contributed by atoms with van der Waals surface area (Å²) in [6.45, 7) is 4.13. The summed E-state index contributed by atoms with van der Waals surface area (Å²) < 4.78 is 70.8. The van der Waals surface area contributed by atoms with Crippen molar-refractivity contribution in [2.24, 2.45) is 0 Å². The Balaban J connectivity index is 1.77. The van der Waals surface area contributed by atoms with Gasteiger partial charge in [-0.2, -0.15) is 0 Å². The maximum Gasteiger partial charge on any atom is 0.220 e. The van der Waals surface area contributed by atoms with Crippen molar-refractivity contribution in [2.45, 2.75) is 47.4 Å². The number of hydrogen-bond acceptors (Lipinski definition) is 10. The molecule has 2 aromatic rings. The molecule has 1 heterocycles. The minimum absolute atomic E-state index is 0.233. The molecule has 1 aliphatic heterocycles. The van der Waals surface area contributed by atoms with Gasteiger partial charge >= 0.3 is 0 Å². The standard InChI is InChI=1S/C24H34N2O8S2/c1-23(31-3)24(2,32-4)34-22(16-26-18-9-13-20(14-10-18)36(6,29)30)21(33-23)15-25-17-7-11-19(12-8-17)35(5,27)28/h7-14,21-22,25-26H,15-16H2,1-6H3/t21-,22+,23-,24-/m1/s1. The molecule has 2 N–H and O–H groups in total. The van der Waals surface area contributed by atoms with Crippen LogP contribution in [0, 0.1) is 0 Å². The highest BCUT2D eigenvalue weighted by atomic mass is 32.2. The predicted molar refractivity (Wildman–Crippen MR) is 137 cm³/mol. The first-order valence-electron chi connectivity index (χ1n) is 11.2. The number of hydrogen-bond donors (Lipinski definition) is 2. The van der Waals surface area contributed by atoms with E-state index in [2.05, 4.69) is 10.6 Å². The van der Waals surface area contributed by atoms with Gasteiger partial charge in [-0.05, 0) is 62.4 Å². The van der Waals surface area contributed by atoms with Gasteiger partial charge in [-0.15, -0.1) is 0 Å². The fourth-order valence-corrected chi connectivity index (χ4v) is 5.09. The zero-order valence-corrected chi connectivity index (χ0v) is 22.9. The van der Waals surface area contributed by atoms with E-state index < -0.39 is 43.5 Å². The van der Waals surface area contributed by atoms with Crippen molar-refractivity contribution < 1.29 is 35.8 Å². The Morgan fingerprint density at radius 2 is 1.00 bits per heavy atom. The summed E-state index contributed by atoms with van der Waals surface area (Å²) in [6.07, 6.45) is 1.34. The number of benzene rings is 2. The van der Waals surface area contributed by atoms with Crippen LogP contribution < -0.4 is 10.6 Å². The third-order valence-electron chi connectivity index (χ3n) is 6.35. The van der Waals surface area contributed by atoms with E-state index in [1.165, 1.54) is 38.5 Å². The fraction of sp³-hybridized carbons (Fsp3) is 0.500. The van der Waals surface area contributed by atoms with Gasteiger partial charge in [-0.1, -0.05) is 0 Å². The van der Waals surface area contributed by atoms with E-state index in [0.717, 1.165) is 12.5 Å². The van der Waals surface area contributed by atoms with E-state index in [4.69, 9.17) is 18.9 Å². The summed E-state index contributed by atoms with van der Waals surface area (Å²) >= 11 is 0. The van der Waals surface area contributed by atoms with E-state index in [0.29, 0.717) is 24.5 Å². The van der Waals surface area contributed by atoms with Crippen LogP contribution in [-0.4, -0.2) is 80.4 Å². The molecule has 0 bridgehead atoms. The summed E-state index contributed by atoms with van der Waals surface area (Å²) in [4.78, 5) is 0.467. The molecule has 2 aromatic carbocycles. The molecule has 0 spiro atoms. The molecule has 0 aromatic heterocycles. The van der Waals surface area contributed by atoms with E-state index in [-0.39, 0.29) is 9.79 Å². The number of nitrogens with one attached hydrogen (secondary N) is 2. The lowest BCUT2D eigenvalue weighted by atomic mass is 10.0. The van der Waals surface area contributed by atoms with Crippen LogP contribution in [0.1, 0.15) is 13.8 Å². The third kappa shape index (κ3) is 6.36. The van der Waals surface area contributed by atoms with Crippen LogP contribution in [0.25, 0.3) is 0 Å². The predicted octanol–water partition coefficient (Wildman–Crippen LogP) is 2.53. The van der Waals surface area contributed by atoms with Crippen molar-refractivity contribution in [3.63, 3.8) is 0 Å². The monoisotopic (exact) mass is 542 g/mol. The molecule has 0 aliphatic carbocycles.